The predicted molar refractivity (Wildman–Crippen MR) is 77.3 cm³/mol. The second kappa shape index (κ2) is 7.13. The average molecular weight is 283 g/mol. The van der Waals surface area contributed by atoms with Crippen LogP contribution < -0.4 is 16.0 Å². The van der Waals surface area contributed by atoms with Crippen LogP contribution in [-0.4, -0.2) is 30.6 Å². The van der Waals surface area contributed by atoms with Crippen molar-refractivity contribution in [2.45, 2.75) is 32.7 Å². The van der Waals surface area contributed by atoms with Gasteiger partial charge in [-0.1, -0.05) is 6.07 Å². The van der Waals surface area contributed by atoms with Gasteiger partial charge in [0, 0.05) is 17.0 Å². The van der Waals surface area contributed by atoms with Crippen molar-refractivity contribution in [3.8, 4) is 0 Å². The highest BCUT2D eigenvalue weighted by Crippen LogP contribution is 2.07. The van der Waals surface area contributed by atoms with E-state index in [4.69, 9.17) is 0 Å². The molecule has 0 aliphatic heterocycles. The Bertz CT molecular complexity index is 410. The molecule has 1 aromatic heterocycles. The second-order valence-electron chi connectivity index (χ2n) is 5.24. The Hall–Kier alpha value is -1.56. The normalized spacial score (nSPS) is 10.9. The van der Waals surface area contributed by atoms with Crippen LogP contribution in [0.4, 0.5) is 4.79 Å². The van der Waals surface area contributed by atoms with Crippen molar-refractivity contribution in [2.24, 2.45) is 0 Å². The molecular weight excluding hydrogens is 262 g/mol. The first-order valence-corrected chi connectivity index (χ1v) is 7.10. The number of carbonyl (C=O) groups excluding carboxylic acids is 2. The summed E-state index contributed by atoms with van der Waals surface area (Å²) < 4.78 is 0. The van der Waals surface area contributed by atoms with E-state index in [2.05, 4.69) is 16.0 Å². The van der Waals surface area contributed by atoms with Gasteiger partial charge in [-0.25, -0.2) is 4.79 Å². The maximum absolute atomic E-state index is 11.5. The first kappa shape index (κ1) is 15.5. The number of nitrogens with one attached hydrogen (secondary N) is 3. The van der Waals surface area contributed by atoms with Gasteiger partial charge in [-0.15, -0.1) is 11.3 Å². The molecule has 0 aliphatic carbocycles. The first-order chi connectivity index (χ1) is 8.87. The molecule has 1 heterocycles. The molecule has 106 valence electrons. The van der Waals surface area contributed by atoms with Gasteiger partial charge in [-0.05, 0) is 38.6 Å². The van der Waals surface area contributed by atoms with E-state index in [1.165, 1.54) is 4.88 Å². The summed E-state index contributed by atoms with van der Waals surface area (Å²) in [4.78, 5) is 24.1. The summed E-state index contributed by atoms with van der Waals surface area (Å²) in [7, 11) is 0. The molecule has 0 aliphatic rings. The minimum absolute atomic E-state index is 0.0118. The molecule has 5 nitrogen and oxygen atoms in total. The third-order valence-corrected chi connectivity index (χ3v) is 3.10. The second-order valence-corrected chi connectivity index (χ2v) is 6.27. The van der Waals surface area contributed by atoms with Gasteiger partial charge in [-0.2, -0.15) is 0 Å². The third kappa shape index (κ3) is 7.46. The summed E-state index contributed by atoms with van der Waals surface area (Å²) in [6.07, 6.45) is 0.805. The molecule has 6 heteroatoms. The molecular formula is C13H21N3O2S. The highest BCUT2D eigenvalue weighted by Gasteiger charge is 2.13. The highest BCUT2D eigenvalue weighted by molar-refractivity contribution is 7.09. The zero-order valence-corrected chi connectivity index (χ0v) is 12.4. The largest absolute Gasteiger partial charge is 0.350 e. The fourth-order valence-corrected chi connectivity index (χ4v) is 2.15. The minimum atomic E-state index is -0.319. The summed E-state index contributed by atoms with van der Waals surface area (Å²) in [5.74, 6) is -0.194. The molecule has 19 heavy (non-hydrogen) atoms. The summed E-state index contributed by atoms with van der Waals surface area (Å²) >= 11 is 1.66. The van der Waals surface area contributed by atoms with Crippen LogP contribution in [0, 0.1) is 0 Å². The highest BCUT2D eigenvalue weighted by atomic mass is 32.1. The Morgan fingerprint density at radius 3 is 2.58 bits per heavy atom. The lowest BCUT2D eigenvalue weighted by molar-refractivity contribution is -0.121. The number of thiophene rings is 1. The van der Waals surface area contributed by atoms with Crippen LogP contribution in [0.15, 0.2) is 17.5 Å². The minimum Gasteiger partial charge on any atom is -0.350 e. The van der Waals surface area contributed by atoms with E-state index in [9.17, 15) is 9.59 Å². The number of carbonyl (C=O) groups is 2. The predicted octanol–water partition coefficient (Wildman–Crippen LogP) is 1.50. The van der Waals surface area contributed by atoms with Gasteiger partial charge in [-0.3, -0.25) is 4.79 Å². The van der Waals surface area contributed by atoms with Crippen LogP contribution >= 0.6 is 11.3 Å². The van der Waals surface area contributed by atoms with Crippen molar-refractivity contribution >= 4 is 23.3 Å². The SMILES string of the molecule is CC(C)(C)NC(=O)CNC(=O)NCCc1cccs1. The standard InChI is InChI=1S/C13H21N3O2S/c1-13(2,3)16-11(17)9-15-12(18)14-7-6-10-5-4-8-19-10/h4-5,8H,6-7,9H2,1-3H3,(H,16,17)(H2,14,15,18). The molecule has 0 fully saturated rings. The van der Waals surface area contributed by atoms with Crippen molar-refractivity contribution in [1.82, 2.24) is 16.0 Å². The molecule has 1 aromatic rings. The Morgan fingerprint density at radius 2 is 2.00 bits per heavy atom. The zero-order chi connectivity index (χ0) is 14.3. The Kier molecular flexibility index (Phi) is 5.82. The maximum Gasteiger partial charge on any atom is 0.315 e. The topological polar surface area (TPSA) is 70.2 Å². The van der Waals surface area contributed by atoms with Crippen molar-refractivity contribution in [2.75, 3.05) is 13.1 Å². The first-order valence-electron chi connectivity index (χ1n) is 6.22. The monoisotopic (exact) mass is 283 g/mol. The lowest BCUT2D eigenvalue weighted by Gasteiger charge is -2.20. The van der Waals surface area contributed by atoms with Gasteiger partial charge in [0.15, 0.2) is 0 Å². The van der Waals surface area contributed by atoms with Crippen LogP contribution in [0.5, 0.6) is 0 Å². The van der Waals surface area contributed by atoms with E-state index in [-0.39, 0.29) is 24.0 Å². The molecule has 3 N–H and O–H groups in total. The molecule has 0 aromatic carbocycles. The van der Waals surface area contributed by atoms with Crippen LogP contribution in [0.1, 0.15) is 25.6 Å². The van der Waals surface area contributed by atoms with Gasteiger partial charge >= 0.3 is 6.03 Å². The third-order valence-electron chi connectivity index (χ3n) is 2.16. The van der Waals surface area contributed by atoms with Gasteiger partial charge in [0.1, 0.15) is 0 Å². The number of hydrogen-bond donors (Lipinski definition) is 3. The van der Waals surface area contributed by atoms with E-state index in [1.54, 1.807) is 11.3 Å². The van der Waals surface area contributed by atoms with E-state index >= 15 is 0 Å². The molecule has 0 unspecified atom stereocenters. The molecule has 3 amide bonds. The number of amides is 3. The summed E-state index contributed by atoms with van der Waals surface area (Å²) in [5, 5.41) is 10.0. The summed E-state index contributed by atoms with van der Waals surface area (Å²) in [6.45, 7) is 6.24. The van der Waals surface area contributed by atoms with E-state index in [1.807, 2.05) is 38.3 Å². The van der Waals surface area contributed by atoms with E-state index in [0.29, 0.717) is 6.54 Å². The Morgan fingerprint density at radius 1 is 1.26 bits per heavy atom. The number of hydrogen-bond acceptors (Lipinski definition) is 3. The van der Waals surface area contributed by atoms with Crippen molar-refractivity contribution in [1.29, 1.82) is 0 Å². The van der Waals surface area contributed by atoms with Crippen molar-refractivity contribution in [3.05, 3.63) is 22.4 Å². The van der Waals surface area contributed by atoms with E-state index < -0.39 is 0 Å². The van der Waals surface area contributed by atoms with Crippen LogP contribution in [0.3, 0.4) is 0 Å². The smallest absolute Gasteiger partial charge is 0.315 e. The molecule has 0 radical (unpaired) electrons. The molecule has 0 saturated carbocycles. The zero-order valence-electron chi connectivity index (χ0n) is 11.6. The van der Waals surface area contributed by atoms with Gasteiger partial charge in [0.05, 0.1) is 6.54 Å². The summed E-state index contributed by atoms with van der Waals surface area (Å²) in [6, 6.07) is 3.69. The Labute approximate surface area is 117 Å². The lowest BCUT2D eigenvalue weighted by atomic mass is 10.1. The molecule has 0 atom stereocenters. The quantitative estimate of drug-likeness (QED) is 0.766. The molecule has 0 spiro atoms. The van der Waals surface area contributed by atoms with Gasteiger partial charge in [0.25, 0.3) is 0 Å². The molecule has 0 bridgehead atoms. The fourth-order valence-electron chi connectivity index (χ4n) is 1.44. The number of urea groups is 1. The average Bonchev–Trinajstić information content (AvgIpc) is 2.77. The molecule has 1 rings (SSSR count). The van der Waals surface area contributed by atoms with Gasteiger partial charge in [0.2, 0.25) is 5.91 Å². The van der Waals surface area contributed by atoms with E-state index in [0.717, 1.165) is 6.42 Å². The fraction of sp³-hybridized carbons (Fsp3) is 0.538. The van der Waals surface area contributed by atoms with Gasteiger partial charge < -0.3 is 16.0 Å². The number of rotatable bonds is 5. The van der Waals surface area contributed by atoms with Crippen molar-refractivity contribution < 1.29 is 9.59 Å². The van der Waals surface area contributed by atoms with Crippen molar-refractivity contribution in [3.63, 3.8) is 0 Å². The van der Waals surface area contributed by atoms with Crippen LogP contribution in [0.2, 0.25) is 0 Å². The summed E-state index contributed by atoms with van der Waals surface area (Å²) in [5.41, 5.74) is -0.283. The Balaban J connectivity index is 2.12. The lowest BCUT2D eigenvalue weighted by Crippen LogP contribution is -2.47. The maximum atomic E-state index is 11.5. The molecule has 0 saturated heterocycles. The van der Waals surface area contributed by atoms with Crippen LogP contribution in [0.25, 0.3) is 0 Å². The van der Waals surface area contributed by atoms with Crippen LogP contribution in [-0.2, 0) is 11.2 Å².